The maximum atomic E-state index is 4.49. The molecule has 0 aliphatic heterocycles. The standard InChI is InChI=1S/C16H19N5/c1-12-10-13(2)21(19-12)15-6-4-14(5-7-15)18-11-16-17-8-9-20(16)3/h4-10,18H,11H2,1-3H3. The minimum Gasteiger partial charge on any atom is -0.378 e. The SMILES string of the molecule is Cc1cc(C)n(-c2ccc(NCc3nccn3C)cc2)n1. The van der Waals surface area contributed by atoms with E-state index in [1.54, 1.807) is 0 Å². The normalized spacial score (nSPS) is 10.8. The molecule has 1 aromatic carbocycles. The van der Waals surface area contributed by atoms with Gasteiger partial charge in [-0.25, -0.2) is 9.67 Å². The molecule has 5 heteroatoms. The molecule has 0 fully saturated rings. The molecule has 3 aromatic rings. The molecule has 1 N–H and O–H groups in total. The average Bonchev–Trinajstić information content (AvgIpc) is 3.03. The van der Waals surface area contributed by atoms with E-state index in [9.17, 15) is 0 Å². The molecule has 0 aliphatic rings. The second-order valence-corrected chi connectivity index (χ2v) is 5.19. The van der Waals surface area contributed by atoms with Crippen molar-refractivity contribution in [1.29, 1.82) is 0 Å². The largest absolute Gasteiger partial charge is 0.378 e. The van der Waals surface area contributed by atoms with Crippen molar-refractivity contribution in [3.8, 4) is 5.69 Å². The van der Waals surface area contributed by atoms with Crippen LogP contribution in [0.1, 0.15) is 17.2 Å². The van der Waals surface area contributed by atoms with Crippen molar-refractivity contribution in [3.05, 3.63) is 59.9 Å². The van der Waals surface area contributed by atoms with E-state index >= 15 is 0 Å². The van der Waals surface area contributed by atoms with Crippen LogP contribution in [0.3, 0.4) is 0 Å². The Morgan fingerprint density at radius 2 is 1.90 bits per heavy atom. The van der Waals surface area contributed by atoms with Gasteiger partial charge in [0.1, 0.15) is 5.82 Å². The Labute approximate surface area is 124 Å². The molecule has 5 nitrogen and oxygen atoms in total. The van der Waals surface area contributed by atoms with Crippen LogP contribution in [0.2, 0.25) is 0 Å². The van der Waals surface area contributed by atoms with E-state index < -0.39 is 0 Å². The van der Waals surface area contributed by atoms with E-state index in [4.69, 9.17) is 0 Å². The summed E-state index contributed by atoms with van der Waals surface area (Å²) in [6, 6.07) is 10.3. The van der Waals surface area contributed by atoms with Gasteiger partial charge in [0, 0.05) is 30.8 Å². The predicted octanol–water partition coefficient (Wildman–Crippen LogP) is 2.83. The van der Waals surface area contributed by atoms with Crippen molar-refractivity contribution in [1.82, 2.24) is 19.3 Å². The van der Waals surface area contributed by atoms with Crippen LogP contribution < -0.4 is 5.32 Å². The van der Waals surface area contributed by atoms with Gasteiger partial charge < -0.3 is 9.88 Å². The van der Waals surface area contributed by atoms with E-state index in [0.29, 0.717) is 6.54 Å². The number of rotatable bonds is 4. The summed E-state index contributed by atoms with van der Waals surface area (Å²) in [4.78, 5) is 4.30. The molecule has 2 aromatic heterocycles. The van der Waals surface area contributed by atoms with E-state index in [2.05, 4.69) is 52.7 Å². The lowest BCUT2D eigenvalue weighted by Gasteiger charge is -2.08. The number of nitrogens with zero attached hydrogens (tertiary/aromatic N) is 4. The van der Waals surface area contributed by atoms with Gasteiger partial charge in [-0.2, -0.15) is 5.10 Å². The Morgan fingerprint density at radius 1 is 1.14 bits per heavy atom. The molecule has 0 unspecified atom stereocenters. The molecule has 3 rings (SSSR count). The molecule has 0 amide bonds. The monoisotopic (exact) mass is 281 g/mol. The van der Waals surface area contributed by atoms with Crippen LogP contribution in [-0.4, -0.2) is 19.3 Å². The first-order valence-electron chi connectivity index (χ1n) is 6.97. The van der Waals surface area contributed by atoms with Crippen LogP contribution in [0.25, 0.3) is 5.69 Å². The van der Waals surface area contributed by atoms with Crippen molar-refractivity contribution in [2.45, 2.75) is 20.4 Å². The molecular weight excluding hydrogens is 262 g/mol. The van der Waals surface area contributed by atoms with Crippen molar-refractivity contribution >= 4 is 5.69 Å². The minimum absolute atomic E-state index is 0.711. The summed E-state index contributed by atoms with van der Waals surface area (Å²) < 4.78 is 3.97. The fraction of sp³-hybridized carbons (Fsp3) is 0.250. The molecule has 0 spiro atoms. The summed E-state index contributed by atoms with van der Waals surface area (Å²) in [5.41, 5.74) is 4.32. The predicted molar refractivity (Wildman–Crippen MR) is 83.6 cm³/mol. The summed E-state index contributed by atoms with van der Waals surface area (Å²) in [5, 5.41) is 7.86. The van der Waals surface area contributed by atoms with Gasteiger partial charge in [-0.3, -0.25) is 0 Å². The van der Waals surface area contributed by atoms with Gasteiger partial charge >= 0.3 is 0 Å². The fourth-order valence-corrected chi connectivity index (χ4v) is 2.36. The van der Waals surface area contributed by atoms with Crippen LogP contribution in [0.5, 0.6) is 0 Å². The second-order valence-electron chi connectivity index (χ2n) is 5.19. The average molecular weight is 281 g/mol. The first kappa shape index (κ1) is 13.4. The number of imidazole rings is 1. The number of anilines is 1. The van der Waals surface area contributed by atoms with E-state index in [1.165, 1.54) is 0 Å². The minimum atomic E-state index is 0.711. The van der Waals surface area contributed by atoms with Gasteiger partial charge in [0.25, 0.3) is 0 Å². The molecule has 108 valence electrons. The Bertz CT molecular complexity index is 736. The van der Waals surface area contributed by atoms with Crippen molar-refractivity contribution in [3.63, 3.8) is 0 Å². The molecule has 0 radical (unpaired) electrons. The lowest BCUT2D eigenvalue weighted by Crippen LogP contribution is -2.06. The van der Waals surface area contributed by atoms with Gasteiger partial charge in [0.2, 0.25) is 0 Å². The maximum absolute atomic E-state index is 4.49. The summed E-state index contributed by atoms with van der Waals surface area (Å²) in [6.07, 6.45) is 3.76. The summed E-state index contributed by atoms with van der Waals surface area (Å²) in [5.74, 6) is 1.01. The van der Waals surface area contributed by atoms with E-state index in [1.807, 2.05) is 35.6 Å². The Balaban J connectivity index is 1.72. The highest BCUT2D eigenvalue weighted by Gasteiger charge is 2.04. The number of aromatic nitrogens is 4. The number of hydrogen-bond acceptors (Lipinski definition) is 3. The zero-order valence-electron chi connectivity index (χ0n) is 12.5. The Hall–Kier alpha value is -2.56. The number of benzene rings is 1. The number of nitrogens with one attached hydrogen (secondary N) is 1. The summed E-state index contributed by atoms with van der Waals surface area (Å²) in [6.45, 7) is 4.78. The van der Waals surface area contributed by atoms with Crippen LogP contribution in [-0.2, 0) is 13.6 Å². The number of hydrogen-bond donors (Lipinski definition) is 1. The first-order valence-corrected chi connectivity index (χ1v) is 6.97. The van der Waals surface area contributed by atoms with Gasteiger partial charge in [0.05, 0.1) is 17.9 Å². The van der Waals surface area contributed by atoms with Crippen LogP contribution >= 0.6 is 0 Å². The third-order valence-corrected chi connectivity index (χ3v) is 3.49. The topological polar surface area (TPSA) is 47.7 Å². The molecule has 0 saturated carbocycles. The molecule has 0 saturated heterocycles. The van der Waals surface area contributed by atoms with Gasteiger partial charge in [-0.1, -0.05) is 0 Å². The maximum Gasteiger partial charge on any atom is 0.127 e. The quantitative estimate of drug-likeness (QED) is 0.800. The fourth-order valence-electron chi connectivity index (χ4n) is 2.36. The summed E-state index contributed by atoms with van der Waals surface area (Å²) >= 11 is 0. The molecule has 2 heterocycles. The molecule has 0 atom stereocenters. The Morgan fingerprint density at radius 3 is 2.48 bits per heavy atom. The van der Waals surface area contributed by atoms with Gasteiger partial charge in [-0.15, -0.1) is 0 Å². The zero-order chi connectivity index (χ0) is 14.8. The molecule has 21 heavy (non-hydrogen) atoms. The highest BCUT2D eigenvalue weighted by atomic mass is 15.3. The van der Waals surface area contributed by atoms with Crippen LogP contribution in [0.15, 0.2) is 42.7 Å². The lowest BCUT2D eigenvalue weighted by molar-refractivity contribution is 0.812. The second kappa shape index (κ2) is 5.44. The number of aryl methyl sites for hydroxylation is 3. The van der Waals surface area contributed by atoms with Crippen molar-refractivity contribution < 1.29 is 0 Å². The van der Waals surface area contributed by atoms with Crippen molar-refractivity contribution in [2.75, 3.05) is 5.32 Å². The molecular formula is C16H19N5. The highest BCUT2D eigenvalue weighted by molar-refractivity contribution is 5.49. The highest BCUT2D eigenvalue weighted by Crippen LogP contribution is 2.16. The Kier molecular flexibility index (Phi) is 3.48. The van der Waals surface area contributed by atoms with Gasteiger partial charge in [-0.05, 0) is 44.2 Å². The third kappa shape index (κ3) is 2.81. The van der Waals surface area contributed by atoms with Crippen LogP contribution in [0.4, 0.5) is 5.69 Å². The third-order valence-electron chi connectivity index (χ3n) is 3.49. The summed E-state index contributed by atoms with van der Waals surface area (Å²) in [7, 11) is 2.00. The van der Waals surface area contributed by atoms with Gasteiger partial charge in [0.15, 0.2) is 0 Å². The van der Waals surface area contributed by atoms with E-state index in [0.717, 1.165) is 28.6 Å². The van der Waals surface area contributed by atoms with Crippen molar-refractivity contribution in [2.24, 2.45) is 7.05 Å². The lowest BCUT2D eigenvalue weighted by atomic mass is 10.2. The smallest absolute Gasteiger partial charge is 0.127 e. The zero-order valence-corrected chi connectivity index (χ0v) is 12.5. The first-order chi connectivity index (χ1) is 10.1. The molecule has 0 aliphatic carbocycles. The van der Waals surface area contributed by atoms with E-state index in [-0.39, 0.29) is 0 Å². The van der Waals surface area contributed by atoms with Crippen LogP contribution in [0, 0.1) is 13.8 Å². The molecule has 0 bridgehead atoms.